The summed E-state index contributed by atoms with van der Waals surface area (Å²) in [6, 6.07) is 0. The van der Waals surface area contributed by atoms with E-state index < -0.39 is 5.60 Å². The van der Waals surface area contributed by atoms with Gasteiger partial charge in [0.15, 0.2) is 5.13 Å². The van der Waals surface area contributed by atoms with Crippen LogP contribution in [0.4, 0.5) is 5.13 Å². The zero-order valence-corrected chi connectivity index (χ0v) is 10.2. The average molecular weight is 277 g/mol. The predicted octanol–water partition coefficient (Wildman–Crippen LogP) is 2.62. The largest absolute Gasteiger partial charge is 0.388 e. The van der Waals surface area contributed by atoms with Crippen LogP contribution in [0.5, 0.6) is 0 Å². The first kappa shape index (κ1) is 10.4. The Kier molecular flexibility index (Phi) is 3.09. The molecule has 0 aliphatic heterocycles. The molecule has 0 radical (unpaired) electrons. The highest BCUT2D eigenvalue weighted by molar-refractivity contribution is 9.10. The number of hydrogen-bond donors (Lipinski definition) is 2. The van der Waals surface area contributed by atoms with Gasteiger partial charge in [0.2, 0.25) is 0 Å². The number of nitrogens with one attached hydrogen (secondary N) is 1. The summed E-state index contributed by atoms with van der Waals surface area (Å²) in [5.41, 5.74) is -0.502. The second-order valence-electron chi connectivity index (χ2n) is 3.76. The lowest BCUT2D eigenvalue weighted by molar-refractivity contribution is 0.0615. The highest BCUT2D eigenvalue weighted by atomic mass is 79.9. The van der Waals surface area contributed by atoms with E-state index in [0.29, 0.717) is 6.54 Å². The van der Waals surface area contributed by atoms with Crippen molar-refractivity contribution in [2.24, 2.45) is 0 Å². The third-order valence-electron chi connectivity index (χ3n) is 2.58. The van der Waals surface area contributed by atoms with Crippen LogP contribution in [-0.2, 0) is 0 Å². The molecule has 14 heavy (non-hydrogen) atoms. The van der Waals surface area contributed by atoms with Gasteiger partial charge in [0.05, 0.1) is 5.60 Å². The number of anilines is 1. The van der Waals surface area contributed by atoms with Crippen molar-refractivity contribution in [1.29, 1.82) is 0 Å². The monoisotopic (exact) mass is 276 g/mol. The highest BCUT2D eigenvalue weighted by Gasteiger charge is 2.30. The van der Waals surface area contributed by atoms with Gasteiger partial charge in [0, 0.05) is 11.9 Å². The molecule has 1 aliphatic carbocycles. The minimum atomic E-state index is -0.502. The van der Waals surface area contributed by atoms with Crippen molar-refractivity contribution < 1.29 is 5.11 Å². The summed E-state index contributed by atoms with van der Waals surface area (Å²) < 4.78 is 0.850. The van der Waals surface area contributed by atoms with Crippen molar-refractivity contribution in [3.63, 3.8) is 0 Å². The Bertz CT molecular complexity index is 310. The van der Waals surface area contributed by atoms with Crippen LogP contribution in [0.3, 0.4) is 0 Å². The fourth-order valence-electron chi connectivity index (χ4n) is 1.79. The Morgan fingerprint density at radius 3 is 2.86 bits per heavy atom. The Morgan fingerprint density at radius 1 is 1.57 bits per heavy atom. The Morgan fingerprint density at radius 2 is 2.29 bits per heavy atom. The molecule has 0 spiro atoms. The normalized spacial score (nSPS) is 19.9. The third-order valence-corrected chi connectivity index (χ3v) is 4.09. The SMILES string of the molecule is OC1(CNc2nc(Br)cs2)CCCC1. The quantitative estimate of drug-likeness (QED) is 0.892. The van der Waals surface area contributed by atoms with Crippen molar-refractivity contribution >= 4 is 32.4 Å². The van der Waals surface area contributed by atoms with Gasteiger partial charge in [-0.25, -0.2) is 4.98 Å². The number of aliphatic hydroxyl groups is 1. The summed E-state index contributed by atoms with van der Waals surface area (Å²) in [6.07, 6.45) is 4.10. The topological polar surface area (TPSA) is 45.1 Å². The van der Waals surface area contributed by atoms with Crippen molar-refractivity contribution in [3.05, 3.63) is 9.98 Å². The van der Waals surface area contributed by atoms with E-state index in [-0.39, 0.29) is 0 Å². The molecule has 0 saturated heterocycles. The molecule has 1 aromatic rings. The molecule has 0 bridgehead atoms. The Hall–Kier alpha value is -0.130. The standard InChI is InChI=1S/C9H13BrN2OS/c10-7-5-14-8(12-7)11-6-9(13)3-1-2-4-9/h5,13H,1-4,6H2,(H,11,12). The molecule has 3 nitrogen and oxygen atoms in total. The van der Waals surface area contributed by atoms with Gasteiger partial charge >= 0.3 is 0 Å². The van der Waals surface area contributed by atoms with Crippen molar-refractivity contribution in [2.45, 2.75) is 31.3 Å². The van der Waals surface area contributed by atoms with Gasteiger partial charge < -0.3 is 10.4 Å². The summed E-state index contributed by atoms with van der Waals surface area (Å²) in [4.78, 5) is 4.22. The molecule has 78 valence electrons. The maximum atomic E-state index is 10.1. The lowest BCUT2D eigenvalue weighted by atomic mass is 10.0. The van der Waals surface area contributed by atoms with Crippen LogP contribution in [0, 0.1) is 0 Å². The predicted molar refractivity (Wildman–Crippen MR) is 61.7 cm³/mol. The maximum Gasteiger partial charge on any atom is 0.183 e. The van der Waals surface area contributed by atoms with Crippen LogP contribution in [0.1, 0.15) is 25.7 Å². The van der Waals surface area contributed by atoms with E-state index in [2.05, 4.69) is 26.2 Å². The molecule has 0 unspecified atom stereocenters. The summed E-state index contributed by atoms with van der Waals surface area (Å²) in [7, 11) is 0. The summed E-state index contributed by atoms with van der Waals surface area (Å²) in [5, 5.41) is 16.0. The first-order valence-corrected chi connectivity index (χ1v) is 6.43. The van der Waals surface area contributed by atoms with E-state index in [1.165, 1.54) is 0 Å². The van der Waals surface area contributed by atoms with Gasteiger partial charge in [-0.05, 0) is 28.8 Å². The van der Waals surface area contributed by atoms with Crippen molar-refractivity contribution in [2.75, 3.05) is 11.9 Å². The van der Waals surface area contributed by atoms with Gasteiger partial charge in [0.1, 0.15) is 4.60 Å². The highest BCUT2D eigenvalue weighted by Crippen LogP contribution is 2.30. The number of nitrogens with zero attached hydrogens (tertiary/aromatic N) is 1. The van der Waals surface area contributed by atoms with Gasteiger partial charge in [-0.2, -0.15) is 0 Å². The molecule has 5 heteroatoms. The van der Waals surface area contributed by atoms with Crippen LogP contribution in [0.15, 0.2) is 9.98 Å². The van der Waals surface area contributed by atoms with E-state index in [0.717, 1.165) is 35.4 Å². The second kappa shape index (κ2) is 4.16. The van der Waals surface area contributed by atoms with Crippen LogP contribution in [-0.4, -0.2) is 22.2 Å². The molecule has 1 heterocycles. The van der Waals surface area contributed by atoms with Crippen LogP contribution in [0.2, 0.25) is 0 Å². The third kappa shape index (κ3) is 2.46. The van der Waals surface area contributed by atoms with Crippen molar-refractivity contribution in [1.82, 2.24) is 4.98 Å². The molecule has 0 amide bonds. The molecular weight excluding hydrogens is 264 g/mol. The fraction of sp³-hybridized carbons (Fsp3) is 0.667. The van der Waals surface area contributed by atoms with Crippen molar-refractivity contribution in [3.8, 4) is 0 Å². The molecule has 0 aromatic carbocycles. The Balaban J connectivity index is 1.87. The molecular formula is C9H13BrN2OS. The minimum absolute atomic E-state index is 0.502. The van der Waals surface area contributed by atoms with E-state index in [4.69, 9.17) is 0 Å². The number of rotatable bonds is 3. The van der Waals surface area contributed by atoms with Crippen LogP contribution in [0.25, 0.3) is 0 Å². The van der Waals surface area contributed by atoms with E-state index in [9.17, 15) is 5.11 Å². The second-order valence-corrected chi connectivity index (χ2v) is 5.43. The maximum absolute atomic E-state index is 10.1. The molecule has 0 atom stereocenters. The van der Waals surface area contributed by atoms with E-state index >= 15 is 0 Å². The van der Waals surface area contributed by atoms with Gasteiger partial charge in [-0.15, -0.1) is 11.3 Å². The molecule has 2 N–H and O–H groups in total. The average Bonchev–Trinajstić information content (AvgIpc) is 2.73. The minimum Gasteiger partial charge on any atom is -0.388 e. The smallest absolute Gasteiger partial charge is 0.183 e. The fourth-order valence-corrected chi connectivity index (χ4v) is 2.93. The molecule has 1 fully saturated rings. The van der Waals surface area contributed by atoms with Gasteiger partial charge in [-0.3, -0.25) is 0 Å². The first-order valence-electron chi connectivity index (χ1n) is 4.75. The summed E-state index contributed by atoms with van der Waals surface area (Å²) in [6.45, 7) is 0.618. The molecule has 2 rings (SSSR count). The molecule has 1 saturated carbocycles. The number of thiazole rings is 1. The lowest BCUT2D eigenvalue weighted by Crippen LogP contribution is -2.33. The van der Waals surface area contributed by atoms with Gasteiger partial charge in [0.25, 0.3) is 0 Å². The first-order chi connectivity index (χ1) is 6.68. The van der Waals surface area contributed by atoms with E-state index in [1.807, 2.05) is 5.38 Å². The van der Waals surface area contributed by atoms with Crippen LogP contribution >= 0.6 is 27.3 Å². The molecule has 1 aliphatic rings. The van der Waals surface area contributed by atoms with E-state index in [1.54, 1.807) is 11.3 Å². The number of aromatic nitrogens is 1. The number of hydrogen-bond acceptors (Lipinski definition) is 4. The number of halogens is 1. The summed E-state index contributed by atoms with van der Waals surface area (Å²) >= 11 is 4.85. The molecule has 1 aromatic heterocycles. The zero-order valence-electron chi connectivity index (χ0n) is 7.79. The lowest BCUT2D eigenvalue weighted by Gasteiger charge is -2.21. The van der Waals surface area contributed by atoms with Gasteiger partial charge in [-0.1, -0.05) is 12.8 Å². The zero-order chi connectivity index (χ0) is 10.0. The Labute approximate surface area is 95.7 Å². The summed E-state index contributed by atoms with van der Waals surface area (Å²) in [5.74, 6) is 0. The van der Waals surface area contributed by atoms with Crippen LogP contribution < -0.4 is 5.32 Å².